The van der Waals surface area contributed by atoms with Crippen LogP contribution in [-0.4, -0.2) is 39.2 Å². The number of carbonyl (C=O) groups excluding carboxylic acids is 2. The highest BCUT2D eigenvalue weighted by atomic mass is 16.2. The van der Waals surface area contributed by atoms with Crippen LogP contribution in [0.15, 0.2) is 73.2 Å². The summed E-state index contributed by atoms with van der Waals surface area (Å²) in [5.41, 5.74) is 4.11. The van der Waals surface area contributed by atoms with Crippen molar-refractivity contribution in [1.82, 2.24) is 25.4 Å². The second-order valence-electron chi connectivity index (χ2n) is 7.47. The number of rotatable bonds is 8. The van der Waals surface area contributed by atoms with Gasteiger partial charge < -0.3 is 15.6 Å². The van der Waals surface area contributed by atoms with Gasteiger partial charge in [0.25, 0.3) is 0 Å². The highest BCUT2D eigenvalue weighted by Crippen LogP contribution is 2.19. The van der Waals surface area contributed by atoms with E-state index in [0.29, 0.717) is 19.4 Å². The molecule has 7 heteroatoms. The minimum absolute atomic E-state index is 0.186. The molecule has 0 radical (unpaired) electrons. The summed E-state index contributed by atoms with van der Waals surface area (Å²) in [5.74, 6) is -0.414. The third-order valence-electron chi connectivity index (χ3n) is 5.21. The first-order chi connectivity index (χ1) is 15.1. The van der Waals surface area contributed by atoms with Crippen LogP contribution in [0.3, 0.4) is 0 Å². The van der Waals surface area contributed by atoms with E-state index < -0.39 is 6.04 Å². The number of hydrogen-bond acceptors (Lipinski definition) is 3. The van der Waals surface area contributed by atoms with Gasteiger partial charge in [0.2, 0.25) is 11.8 Å². The molecule has 7 nitrogen and oxygen atoms in total. The first-order valence-electron chi connectivity index (χ1n) is 10.3. The molecule has 0 aliphatic carbocycles. The molecule has 0 saturated heterocycles. The monoisotopic (exact) mass is 415 g/mol. The van der Waals surface area contributed by atoms with Gasteiger partial charge in [0, 0.05) is 49.4 Å². The number of fused-ring (bicyclic) bond motifs is 1. The molecular weight excluding hydrogens is 390 g/mol. The summed E-state index contributed by atoms with van der Waals surface area (Å²) in [7, 11) is 0. The standard InChI is InChI=1S/C24H25N5O2/c1-17(30)28-23(15-19-16-26-22-6-3-2-5-21(19)22)24(31)25-13-11-18-7-9-20(10-8-18)29-14-4-12-27-29/h2-10,12,14,16,23,26H,11,13,15H2,1H3,(H,25,31)(H,28,30). The van der Waals surface area contributed by atoms with Gasteiger partial charge in [-0.3, -0.25) is 9.59 Å². The van der Waals surface area contributed by atoms with Gasteiger partial charge in [-0.2, -0.15) is 5.10 Å². The maximum absolute atomic E-state index is 12.8. The highest BCUT2D eigenvalue weighted by Gasteiger charge is 2.21. The molecule has 1 unspecified atom stereocenters. The van der Waals surface area contributed by atoms with Crippen molar-refractivity contribution in [2.75, 3.05) is 6.54 Å². The topological polar surface area (TPSA) is 91.8 Å². The number of nitrogens with zero attached hydrogens (tertiary/aromatic N) is 2. The summed E-state index contributed by atoms with van der Waals surface area (Å²) >= 11 is 0. The third-order valence-corrected chi connectivity index (χ3v) is 5.21. The second-order valence-corrected chi connectivity index (χ2v) is 7.47. The molecule has 1 atom stereocenters. The normalized spacial score (nSPS) is 11.9. The van der Waals surface area contributed by atoms with Crippen LogP contribution in [0.25, 0.3) is 16.6 Å². The smallest absolute Gasteiger partial charge is 0.242 e. The Morgan fingerprint density at radius 1 is 1.10 bits per heavy atom. The third kappa shape index (κ3) is 5.01. The summed E-state index contributed by atoms with van der Waals surface area (Å²) in [6, 6.07) is 17.2. The van der Waals surface area contributed by atoms with Crippen LogP contribution in [0.1, 0.15) is 18.1 Å². The Morgan fingerprint density at radius 3 is 2.65 bits per heavy atom. The van der Waals surface area contributed by atoms with Crippen LogP contribution in [0, 0.1) is 0 Å². The van der Waals surface area contributed by atoms with Gasteiger partial charge in [-0.1, -0.05) is 30.3 Å². The molecule has 158 valence electrons. The van der Waals surface area contributed by atoms with E-state index in [0.717, 1.165) is 27.7 Å². The van der Waals surface area contributed by atoms with Crippen molar-refractivity contribution < 1.29 is 9.59 Å². The Hall–Kier alpha value is -3.87. The zero-order valence-electron chi connectivity index (χ0n) is 17.3. The van der Waals surface area contributed by atoms with E-state index in [4.69, 9.17) is 0 Å². The molecule has 0 saturated carbocycles. The van der Waals surface area contributed by atoms with Crippen molar-refractivity contribution in [3.63, 3.8) is 0 Å². The summed E-state index contributed by atoms with van der Waals surface area (Å²) in [6.45, 7) is 1.92. The van der Waals surface area contributed by atoms with Gasteiger partial charge in [0.15, 0.2) is 0 Å². The average molecular weight is 415 g/mol. The minimum Gasteiger partial charge on any atom is -0.361 e. The fourth-order valence-corrected chi connectivity index (χ4v) is 3.67. The molecule has 2 aromatic heterocycles. The SMILES string of the molecule is CC(=O)NC(Cc1c[nH]c2ccccc12)C(=O)NCCc1ccc(-n2cccn2)cc1. The van der Waals surface area contributed by atoms with Crippen molar-refractivity contribution in [2.45, 2.75) is 25.8 Å². The van der Waals surface area contributed by atoms with Gasteiger partial charge >= 0.3 is 0 Å². The van der Waals surface area contributed by atoms with E-state index in [9.17, 15) is 9.59 Å². The number of aromatic amines is 1. The van der Waals surface area contributed by atoms with Crippen LogP contribution >= 0.6 is 0 Å². The molecule has 2 amide bonds. The van der Waals surface area contributed by atoms with Crippen LogP contribution in [0.5, 0.6) is 0 Å². The fourth-order valence-electron chi connectivity index (χ4n) is 3.67. The summed E-state index contributed by atoms with van der Waals surface area (Å²) < 4.78 is 1.80. The molecule has 0 aliphatic heterocycles. The van der Waals surface area contributed by atoms with Gasteiger partial charge in [-0.05, 0) is 41.8 Å². The van der Waals surface area contributed by atoms with Gasteiger partial charge in [0.05, 0.1) is 5.69 Å². The predicted molar refractivity (Wildman–Crippen MR) is 120 cm³/mol. The molecule has 4 rings (SSSR count). The summed E-state index contributed by atoms with van der Waals surface area (Å²) in [5, 5.41) is 11.0. The lowest BCUT2D eigenvalue weighted by Gasteiger charge is -2.17. The number of benzene rings is 2. The molecule has 4 aromatic rings. The average Bonchev–Trinajstić information content (AvgIpc) is 3.44. The molecule has 2 heterocycles. The molecule has 0 aliphatic rings. The Balaban J connectivity index is 1.36. The van der Waals surface area contributed by atoms with E-state index in [-0.39, 0.29) is 11.8 Å². The maximum Gasteiger partial charge on any atom is 0.242 e. The Kier molecular flexibility index (Phi) is 6.12. The van der Waals surface area contributed by atoms with Crippen LogP contribution in [0.4, 0.5) is 0 Å². The molecule has 2 aromatic carbocycles. The molecule has 0 spiro atoms. The van der Waals surface area contributed by atoms with E-state index >= 15 is 0 Å². The van der Waals surface area contributed by atoms with Crippen LogP contribution < -0.4 is 10.6 Å². The number of aromatic nitrogens is 3. The summed E-state index contributed by atoms with van der Waals surface area (Å²) in [4.78, 5) is 27.7. The second kappa shape index (κ2) is 9.30. The Bertz CT molecular complexity index is 1160. The first kappa shape index (κ1) is 20.4. The van der Waals surface area contributed by atoms with Gasteiger partial charge in [-0.15, -0.1) is 0 Å². The Morgan fingerprint density at radius 2 is 1.90 bits per heavy atom. The molecule has 3 N–H and O–H groups in total. The van der Waals surface area contributed by atoms with Crippen molar-refractivity contribution in [1.29, 1.82) is 0 Å². The van der Waals surface area contributed by atoms with Gasteiger partial charge in [-0.25, -0.2) is 4.68 Å². The molecular formula is C24H25N5O2. The minimum atomic E-state index is -0.626. The predicted octanol–water partition coefficient (Wildman–Crippen LogP) is 2.76. The highest BCUT2D eigenvalue weighted by molar-refractivity contribution is 5.89. The number of carbonyl (C=O) groups is 2. The Labute approximate surface area is 180 Å². The molecule has 0 bridgehead atoms. The first-order valence-corrected chi connectivity index (χ1v) is 10.3. The lowest BCUT2D eigenvalue weighted by atomic mass is 10.0. The number of para-hydroxylation sites is 1. The quantitative estimate of drug-likeness (QED) is 0.413. The van der Waals surface area contributed by atoms with E-state index in [1.165, 1.54) is 6.92 Å². The van der Waals surface area contributed by atoms with Crippen molar-refractivity contribution in [2.24, 2.45) is 0 Å². The lowest BCUT2D eigenvalue weighted by molar-refractivity contribution is -0.128. The number of hydrogen-bond donors (Lipinski definition) is 3. The van der Waals surface area contributed by atoms with Gasteiger partial charge in [0.1, 0.15) is 6.04 Å². The van der Waals surface area contributed by atoms with E-state index in [2.05, 4.69) is 20.7 Å². The number of H-pyrrole nitrogens is 1. The zero-order chi connectivity index (χ0) is 21.6. The van der Waals surface area contributed by atoms with E-state index in [1.807, 2.05) is 67.0 Å². The van der Waals surface area contributed by atoms with Crippen molar-refractivity contribution in [3.8, 4) is 5.69 Å². The van der Waals surface area contributed by atoms with Crippen LogP contribution in [0.2, 0.25) is 0 Å². The fraction of sp³-hybridized carbons (Fsp3) is 0.208. The van der Waals surface area contributed by atoms with E-state index in [1.54, 1.807) is 10.9 Å². The molecule has 0 fully saturated rings. The maximum atomic E-state index is 12.8. The number of nitrogens with one attached hydrogen (secondary N) is 3. The zero-order valence-corrected chi connectivity index (χ0v) is 17.3. The lowest BCUT2D eigenvalue weighted by Crippen LogP contribution is -2.47. The summed E-state index contributed by atoms with van der Waals surface area (Å²) in [6.07, 6.45) is 6.66. The molecule has 31 heavy (non-hydrogen) atoms. The van der Waals surface area contributed by atoms with Crippen molar-refractivity contribution in [3.05, 3.63) is 84.3 Å². The number of amides is 2. The van der Waals surface area contributed by atoms with Crippen molar-refractivity contribution >= 4 is 22.7 Å². The largest absolute Gasteiger partial charge is 0.361 e. The van der Waals surface area contributed by atoms with Crippen LogP contribution in [-0.2, 0) is 22.4 Å².